The van der Waals surface area contributed by atoms with Crippen LogP contribution in [0.3, 0.4) is 0 Å². The molecule has 31 heavy (non-hydrogen) atoms. The molecule has 168 valence electrons. The van der Waals surface area contributed by atoms with Crippen LogP contribution in [0, 0.1) is 40.9 Å². The molecule has 0 aromatic heterocycles. The normalized spacial score (nSPS) is 39.1. The second kappa shape index (κ2) is 8.29. The smallest absolute Gasteiger partial charge is 0.0280 e. The van der Waals surface area contributed by atoms with Crippen molar-refractivity contribution in [3.05, 3.63) is 76.6 Å². The fourth-order valence-corrected chi connectivity index (χ4v) is 7.20. The van der Waals surface area contributed by atoms with Gasteiger partial charge in [0.1, 0.15) is 0 Å². The first-order valence-electron chi connectivity index (χ1n) is 12.3. The van der Waals surface area contributed by atoms with E-state index < -0.39 is 0 Å². The minimum atomic E-state index is -0.233. The van der Waals surface area contributed by atoms with Crippen molar-refractivity contribution in [2.45, 2.75) is 74.7 Å². The van der Waals surface area contributed by atoms with E-state index in [2.05, 4.69) is 67.7 Å². The molecule has 2 fully saturated rings. The molecule has 0 N–H and O–H groups in total. The fraction of sp³-hybridized carbons (Fsp3) is 0.581. The molecule has 0 radical (unpaired) electrons. The second-order valence-corrected chi connectivity index (χ2v) is 11.0. The van der Waals surface area contributed by atoms with Crippen molar-refractivity contribution >= 4 is 0 Å². The Bertz CT molecular complexity index is 941. The summed E-state index contributed by atoms with van der Waals surface area (Å²) in [5, 5.41) is 0. The van der Waals surface area contributed by atoms with Crippen LogP contribution in [-0.2, 0) is 0 Å². The lowest BCUT2D eigenvalue weighted by atomic mass is 9.51. The van der Waals surface area contributed by atoms with E-state index in [4.69, 9.17) is 19.7 Å². The number of hydrogen-bond donors (Lipinski definition) is 0. The molecule has 0 heterocycles. The summed E-state index contributed by atoms with van der Waals surface area (Å²) in [7, 11) is 0. The molecule has 3 rings (SSSR count). The van der Waals surface area contributed by atoms with E-state index in [1.54, 1.807) is 0 Å². The van der Waals surface area contributed by atoms with E-state index in [1.807, 2.05) is 0 Å². The summed E-state index contributed by atoms with van der Waals surface area (Å²) in [5.41, 5.74) is 14.1. The van der Waals surface area contributed by atoms with E-state index in [9.17, 15) is 0 Å². The Balaban J connectivity index is 2.25. The van der Waals surface area contributed by atoms with E-state index in [0.717, 1.165) is 6.42 Å². The predicted molar refractivity (Wildman–Crippen MR) is 137 cm³/mol. The number of allylic oxidation sites excluding steroid dienone is 8. The van der Waals surface area contributed by atoms with E-state index in [0.29, 0.717) is 29.6 Å². The minimum absolute atomic E-state index is 0.147. The summed E-state index contributed by atoms with van der Waals surface area (Å²) in [5.74, 6) is 2.84. The lowest BCUT2D eigenvalue weighted by Gasteiger charge is -2.52. The number of fused-ring (bicyclic) bond motifs is 1. The van der Waals surface area contributed by atoms with Crippen LogP contribution in [-0.4, -0.2) is 0 Å². The Morgan fingerprint density at radius 1 is 0.968 bits per heavy atom. The van der Waals surface area contributed by atoms with E-state index >= 15 is 0 Å². The van der Waals surface area contributed by atoms with Crippen LogP contribution in [0.4, 0.5) is 0 Å². The highest BCUT2D eigenvalue weighted by Gasteiger charge is 2.55. The van der Waals surface area contributed by atoms with Gasteiger partial charge >= 0.3 is 0 Å². The van der Waals surface area contributed by atoms with Gasteiger partial charge in [0.2, 0.25) is 0 Å². The molecule has 0 bridgehead atoms. The van der Waals surface area contributed by atoms with E-state index in [-0.39, 0.29) is 11.3 Å². The number of rotatable bonds is 3. The van der Waals surface area contributed by atoms with E-state index in [1.165, 1.54) is 57.4 Å². The van der Waals surface area contributed by atoms with Crippen molar-refractivity contribution < 1.29 is 0 Å². The molecule has 0 heteroatoms. The molecular weight excluding hydrogens is 372 g/mol. The summed E-state index contributed by atoms with van der Waals surface area (Å²) in [6, 6.07) is 0. The zero-order chi connectivity index (χ0) is 23.4. The van der Waals surface area contributed by atoms with Crippen molar-refractivity contribution in [2.75, 3.05) is 0 Å². The average molecular weight is 417 g/mol. The van der Waals surface area contributed by atoms with Gasteiger partial charge in [0.25, 0.3) is 0 Å². The molecule has 7 atom stereocenters. The summed E-state index contributed by atoms with van der Waals surface area (Å²) in [6.07, 6.45) is 3.48. The zero-order valence-corrected chi connectivity index (χ0v) is 21.4. The summed E-state index contributed by atoms with van der Waals surface area (Å²) in [4.78, 5) is 0. The Hall–Kier alpha value is -1.78. The maximum atomic E-state index is 4.74. The van der Waals surface area contributed by atoms with Gasteiger partial charge in [-0.3, -0.25) is 0 Å². The highest BCUT2D eigenvalue weighted by atomic mass is 14.6. The van der Waals surface area contributed by atoms with Crippen LogP contribution in [0.1, 0.15) is 74.7 Å². The third-order valence-electron chi connectivity index (χ3n) is 9.51. The minimum Gasteiger partial charge on any atom is -0.128 e. The molecule has 0 saturated heterocycles. The summed E-state index contributed by atoms with van der Waals surface area (Å²) >= 11 is 0. The van der Waals surface area contributed by atoms with Gasteiger partial charge in [-0.1, -0.05) is 91.0 Å². The fourth-order valence-electron chi connectivity index (χ4n) is 7.20. The molecule has 0 aromatic rings. The van der Waals surface area contributed by atoms with Crippen LogP contribution in [0.5, 0.6) is 0 Å². The summed E-state index contributed by atoms with van der Waals surface area (Å²) < 4.78 is 0. The second-order valence-electron chi connectivity index (χ2n) is 11.0. The standard InChI is InChI=1S/C31H44/c1-13-15-26-21(7)20(6)25(11)31(12,27(26)14-2)30-23(9)28-18(4)16-17(3)19(5)22(8)29(28)24(30)10/h17,19-21,26,30H,2,9-11,13,15-16H2,1,3-8,12H3/t17-,19?,20?,21-,26?,30?,31?/m0/s1. The van der Waals surface area contributed by atoms with Gasteiger partial charge in [-0.05, 0) is 84.1 Å². The van der Waals surface area contributed by atoms with Gasteiger partial charge in [0.05, 0.1) is 0 Å². The molecule has 0 spiro atoms. The molecule has 0 aromatic carbocycles. The monoisotopic (exact) mass is 416 g/mol. The van der Waals surface area contributed by atoms with Gasteiger partial charge in [-0.25, -0.2) is 0 Å². The largest absolute Gasteiger partial charge is 0.128 e. The molecule has 3 aliphatic carbocycles. The molecule has 0 nitrogen and oxygen atoms in total. The van der Waals surface area contributed by atoms with Crippen LogP contribution in [0.25, 0.3) is 0 Å². The van der Waals surface area contributed by atoms with Gasteiger partial charge in [-0.15, -0.1) is 5.73 Å². The Morgan fingerprint density at radius 3 is 2.10 bits per heavy atom. The lowest BCUT2D eigenvalue weighted by molar-refractivity contribution is 0.178. The van der Waals surface area contributed by atoms with Crippen molar-refractivity contribution in [2.24, 2.45) is 40.9 Å². The molecule has 3 aliphatic rings. The molecular formula is C31H44. The molecule has 2 saturated carbocycles. The number of hydrogen-bond acceptors (Lipinski definition) is 0. The quantitative estimate of drug-likeness (QED) is 0.318. The van der Waals surface area contributed by atoms with Crippen LogP contribution >= 0.6 is 0 Å². The maximum absolute atomic E-state index is 4.74. The molecule has 5 unspecified atom stereocenters. The van der Waals surface area contributed by atoms with Gasteiger partial charge in [0, 0.05) is 11.3 Å². The third-order valence-corrected chi connectivity index (χ3v) is 9.51. The van der Waals surface area contributed by atoms with Crippen molar-refractivity contribution in [3.8, 4) is 0 Å². The van der Waals surface area contributed by atoms with Crippen molar-refractivity contribution in [1.82, 2.24) is 0 Å². The van der Waals surface area contributed by atoms with Crippen LogP contribution in [0.15, 0.2) is 76.6 Å². The zero-order valence-electron chi connectivity index (χ0n) is 21.4. The molecule has 0 amide bonds. The van der Waals surface area contributed by atoms with Crippen LogP contribution < -0.4 is 0 Å². The van der Waals surface area contributed by atoms with Gasteiger partial charge in [-0.2, -0.15) is 0 Å². The van der Waals surface area contributed by atoms with Gasteiger partial charge < -0.3 is 0 Å². The first-order valence-corrected chi connectivity index (χ1v) is 12.3. The summed E-state index contributed by atoms with van der Waals surface area (Å²) in [6.45, 7) is 37.2. The SMILES string of the molecule is C=C=C1C(CCC)[C@@H](C)C(C)C(=C)C1(C)C1C(=C)C2=C(C)C[C@H](C)C(C)C(C)=C2C1=C. The first-order chi connectivity index (χ1) is 14.4. The lowest BCUT2D eigenvalue weighted by Crippen LogP contribution is -2.44. The third kappa shape index (κ3) is 3.25. The predicted octanol–water partition coefficient (Wildman–Crippen LogP) is 9.01. The average Bonchev–Trinajstić information content (AvgIpc) is 2.95. The Labute approximate surface area is 192 Å². The van der Waals surface area contributed by atoms with Crippen LogP contribution in [0.2, 0.25) is 0 Å². The van der Waals surface area contributed by atoms with Gasteiger partial charge in [0.15, 0.2) is 0 Å². The first kappa shape index (κ1) is 23.9. The highest BCUT2D eigenvalue weighted by Crippen LogP contribution is 2.64. The maximum Gasteiger partial charge on any atom is 0.0280 e. The Kier molecular flexibility index (Phi) is 6.38. The van der Waals surface area contributed by atoms with Crippen molar-refractivity contribution in [3.63, 3.8) is 0 Å². The topological polar surface area (TPSA) is 0 Å². The molecule has 0 aliphatic heterocycles. The highest BCUT2D eigenvalue weighted by molar-refractivity contribution is 5.71. The van der Waals surface area contributed by atoms with Crippen molar-refractivity contribution in [1.29, 1.82) is 0 Å². The Morgan fingerprint density at radius 2 is 1.55 bits per heavy atom.